The highest BCUT2D eigenvalue weighted by atomic mass is 19.1. The predicted octanol–water partition coefficient (Wildman–Crippen LogP) is 2.12. The molecule has 0 spiro atoms. The Labute approximate surface area is 110 Å². The van der Waals surface area contributed by atoms with E-state index in [2.05, 4.69) is 0 Å². The fourth-order valence-electron chi connectivity index (χ4n) is 2.35. The molecule has 5 heteroatoms. The number of amides is 1. The fraction of sp³-hybridized carbons (Fsp3) is 0.429. The molecule has 19 heavy (non-hydrogen) atoms. The minimum atomic E-state index is -0.733. The number of Topliss-reactive ketones (excluding diaryl/α,β-unsaturated/α-hetero) is 1. The molecule has 1 aliphatic carbocycles. The normalized spacial score (nSPS) is 16.4. The maximum atomic E-state index is 13.6. The summed E-state index contributed by atoms with van der Waals surface area (Å²) < 4.78 is 13.6. The van der Waals surface area contributed by atoms with Crippen LogP contribution in [0.2, 0.25) is 0 Å². The van der Waals surface area contributed by atoms with Gasteiger partial charge < -0.3 is 10.0 Å². The first-order valence-electron chi connectivity index (χ1n) is 6.26. The number of benzene rings is 1. The Morgan fingerprint density at radius 2 is 2.00 bits per heavy atom. The second-order valence-electron chi connectivity index (χ2n) is 4.85. The van der Waals surface area contributed by atoms with Gasteiger partial charge >= 0.3 is 0 Å². The van der Waals surface area contributed by atoms with Crippen molar-refractivity contribution in [2.75, 3.05) is 7.05 Å². The van der Waals surface area contributed by atoms with Crippen LogP contribution in [0.4, 0.5) is 4.39 Å². The van der Waals surface area contributed by atoms with Gasteiger partial charge in [-0.25, -0.2) is 4.39 Å². The highest BCUT2D eigenvalue weighted by Crippen LogP contribution is 2.23. The molecule has 102 valence electrons. The van der Waals surface area contributed by atoms with Crippen LogP contribution in [0.25, 0.3) is 0 Å². The summed E-state index contributed by atoms with van der Waals surface area (Å²) in [7, 11) is 1.62. The van der Waals surface area contributed by atoms with E-state index in [9.17, 15) is 14.0 Å². The third-order valence-electron chi connectivity index (χ3n) is 3.56. The van der Waals surface area contributed by atoms with Gasteiger partial charge in [0.2, 0.25) is 0 Å². The van der Waals surface area contributed by atoms with Crippen LogP contribution in [0.5, 0.6) is 5.75 Å². The van der Waals surface area contributed by atoms with E-state index < -0.39 is 11.7 Å². The zero-order valence-corrected chi connectivity index (χ0v) is 10.7. The second kappa shape index (κ2) is 5.38. The molecule has 1 fully saturated rings. The smallest absolute Gasteiger partial charge is 0.256 e. The van der Waals surface area contributed by atoms with E-state index in [1.807, 2.05) is 0 Å². The van der Waals surface area contributed by atoms with Crippen LogP contribution >= 0.6 is 0 Å². The van der Waals surface area contributed by atoms with E-state index in [0.717, 1.165) is 6.07 Å². The van der Waals surface area contributed by atoms with Crippen LogP contribution in [-0.4, -0.2) is 34.8 Å². The standard InChI is InChI=1S/C14H16FNO3/c1-16(9-2-4-10(17)5-3-9)14(19)12-7-6-11(18)8-13(12)15/h6-9,18H,2-5H2,1H3. The molecule has 1 amide bonds. The van der Waals surface area contributed by atoms with Crippen molar-refractivity contribution < 1.29 is 19.1 Å². The quantitative estimate of drug-likeness (QED) is 0.891. The summed E-state index contributed by atoms with van der Waals surface area (Å²) in [6.45, 7) is 0. The van der Waals surface area contributed by atoms with Crippen molar-refractivity contribution in [3.63, 3.8) is 0 Å². The van der Waals surface area contributed by atoms with Gasteiger partial charge in [-0.15, -0.1) is 0 Å². The average Bonchev–Trinajstić information content (AvgIpc) is 2.38. The van der Waals surface area contributed by atoms with E-state index in [1.165, 1.54) is 17.0 Å². The number of hydrogen-bond acceptors (Lipinski definition) is 3. The Morgan fingerprint density at radius 1 is 1.37 bits per heavy atom. The largest absolute Gasteiger partial charge is 0.508 e. The lowest BCUT2D eigenvalue weighted by atomic mass is 9.93. The highest BCUT2D eigenvalue weighted by molar-refractivity contribution is 5.94. The number of phenols is 1. The lowest BCUT2D eigenvalue weighted by Crippen LogP contribution is -2.39. The van der Waals surface area contributed by atoms with Gasteiger partial charge in [-0.3, -0.25) is 9.59 Å². The fourth-order valence-corrected chi connectivity index (χ4v) is 2.35. The Morgan fingerprint density at radius 3 is 2.58 bits per heavy atom. The Balaban J connectivity index is 2.12. The SMILES string of the molecule is CN(C(=O)c1ccc(O)cc1F)C1CCC(=O)CC1. The van der Waals surface area contributed by atoms with Crippen LogP contribution in [0, 0.1) is 5.82 Å². The van der Waals surface area contributed by atoms with E-state index in [1.54, 1.807) is 7.05 Å². The van der Waals surface area contributed by atoms with Crippen LogP contribution in [0.3, 0.4) is 0 Å². The van der Waals surface area contributed by atoms with Crippen LogP contribution in [-0.2, 0) is 4.79 Å². The zero-order valence-electron chi connectivity index (χ0n) is 10.7. The summed E-state index contributed by atoms with van der Waals surface area (Å²) in [5.41, 5.74) is -0.0581. The lowest BCUT2D eigenvalue weighted by Gasteiger charge is -2.30. The van der Waals surface area contributed by atoms with Crippen molar-refractivity contribution in [2.45, 2.75) is 31.7 Å². The molecule has 4 nitrogen and oxygen atoms in total. The van der Waals surface area contributed by atoms with E-state index in [0.29, 0.717) is 25.7 Å². The number of nitrogens with zero attached hydrogens (tertiary/aromatic N) is 1. The van der Waals surface area contributed by atoms with Crippen molar-refractivity contribution >= 4 is 11.7 Å². The molecule has 2 rings (SSSR count). The molecule has 0 unspecified atom stereocenters. The molecular weight excluding hydrogens is 249 g/mol. The number of carbonyl (C=O) groups excluding carboxylic acids is 2. The van der Waals surface area contributed by atoms with E-state index in [4.69, 9.17) is 5.11 Å². The molecule has 0 aromatic heterocycles. The van der Waals surface area contributed by atoms with Gasteiger partial charge in [0.1, 0.15) is 17.3 Å². The van der Waals surface area contributed by atoms with Gasteiger partial charge in [0, 0.05) is 32.0 Å². The maximum absolute atomic E-state index is 13.6. The van der Waals surface area contributed by atoms with Crippen molar-refractivity contribution in [3.8, 4) is 5.75 Å². The minimum absolute atomic E-state index is 0.0293. The summed E-state index contributed by atoms with van der Waals surface area (Å²) in [6.07, 6.45) is 2.20. The molecule has 0 radical (unpaired) electrons. The van der Waals surface area contributed by atoms with Gasteiger partial charge in [0.25, 0.3) is 5.91 Å². The predicted molar refractivity (Wildman–Crippen MR) is 67.4 cm³/mol. The molecule has 1 aromatic carbocycles. The van der Waals surface area contributed by atoms with Crippen LogP contribution < -0.4 is 0 Å². The van der Waals surface area contributed by atoms with Crippen molar-refractivity contribution in [1.29, 1.82) is 0 Å². The monoisotopic (exact) mass is 265 g/mol. The van der Waals surface area contributed by atoms with E-state index >= 15 is 0 Å². The van der Waals surface area contributed by atoms with Gasteiger partial charge in [-0.1, -0.05) is 0 Å². The molecule has 1 N–H and O–H groups in total. The number of phenolic OH excluding ortho intramolecular Hbond substituents is 1. The molecule has 0 bridgehead atoms. The first-order valence-corrected chi connectivity index (χ1v) is 6.26. The summed E-state index contributed by atoms with van der Waals surface area (Å²) in [5, 5.41) is 9.13. The number of aromatic hydroxyl groups is 1. The lowest BCUT2D eigenvalue weighted by molar-refractivity contribution is -0.121. The summed E-state index contributed by atoms with van der Waals surface area (Å²) in [4.78, 5) is 24.8. The third kappa shape index (κ3) is 2.92. The van der Waals surface area contributed by atoms with Gasteiger partial charge in [-0.2, -0.15) is 0 Å². The van der Waals surface area contributed by atoms with Gasteiger partial charge in [0.05, 0.1) is 5.56 Å². The Kier molecular flexibility index (Phi) is 3.83. The van der Waals surface area contributed by atoms with Crippen molar-refractivity contribution in [2.24, 2.45) is 0 Å². The first kappa shape index (κ1) is 13.5. The zero-order chi connectivity index (χ0) is 14.0. The highest BCUT2D eigenvalue weighted by Gasteiger charge is 2.27. The topological polar surface area (TPSA) is 57.6 Å². The number of halogens is 1. The molecule has 0 saturated heterocycles. The molecule has 1 aliphatic rings. The number of rotatable bonds is 2. The van der Waals surface area contributed by atoms with Crippen LogP contribution in [0.15, 0.2) is 18.2 Å². The Hall–Kier alpha value is -1.91. The van der Waals surface area contributed by atoms with Crippen molar-refractivity contribution in [1.82, 2.24) is 4.90 Å². The summed E-state index contributed by atoms with van der Waals surface area (Å²) >= 11 is 0. The third-order valence-corrected chi connectivity index (χ3v) is 3.56. The van der Waals surface area contributed by atoms with Gasteiger partial charge in [0.15, 0.2) is 0 Å². The van der Waals surface area contributed by atoms with Gasteiger partial charge in [-0.05, 0) is 25.0 Å². The molecule has 1 saturated carbocycles. The molecule has 0 aliphatic heterocycles. The second-order valence-corrected chi connectivity index (χ2v) is 4.85. The summed E-state index contributed by atoms with van der Waals surface area (Å²) in [6, 6.07) is 3.45. The maximum Gasteiger partial charge on any atom is 0.256 e. The number of carbonyl (C=O) groups is 2. The first-order chi connectivity index (χ1) is 8.99. The number of hydrogen-bond donors (Lipinski definition) is 1. The molecule has 1 aromatic rings. The molecule has 0 heterocycles. The Bertz CT molecular complexity index is 505. The van der Waals surface area contributed by atoms with Crippen molar-refractivity contribution in [3.05, 3.63) is 29.6 Å². The molecule has 0 atom stereocenters. The molecular formula is C14H16FNO3. The average molecular weight is 265 g/mol. The van der Waals surface area contributed by atoms with E-state index in [-0.39, 0.29) is 23.1 Å². The van der Waals surface area contributed by atoms with Crippen LogP contribution in [0.1, 0.15) is 36.0 Å². The number of ketones is 1. The summed E-state index contributed by atoms with van der Waals surface area (Å²) in [5.74, 6) is -1.14. The minimum Gasteiger partial charge on any atom is -0.508 e.